The third kappa shape index (κ3) is 6.03. The number of carbonyl (C=O) groups excluding carboxylic acids is 1. The van der Waals surface area contributed by atoms with Crippen molar-refractivity contribution in [1.29, 1.82) is 0 Å². The molecule has 2 aromatic carbocycles. The topological polar surface area (TPSA) is 110 Å². The first kappa shape index (κ1) is 24.6. The molecule has 0 radical (unpaired) electrons. The highest BCUT2D eigenvalue weighted by molar-refractivity contribution is 7.70. The third-order valence-electron chi connectivity index (χ3n) is 4.74. The number of methoxy groups -OCH3 is 1. The van der Waals surface area contributed by atoms with Crippen molar-refractivity contribution in [2.24, 2.45) is 0 Å². The summed E-state index contributed by atoms with van der Waals surface area (Å²) in [6, 6.07) is 4.79. The lowest BCUT2D eigenvalue weighted by molar-refractivity contribution is 0.102. The maximum atomic E-state index is 15.0. The molecule has 2 N–H and O–H groups in total. The van der Waals surface area contributed by atoms with Crippen LogP contribution in [0.5, 0.6) is 0 Å². The summed E-state index contributed by atoms with van der Waals surface area (Å²) in [6.45, 7) is 0.896. The van der Waals surface area contributed by atoms with Gasteiger partial charge in [-0.2, -0.15) is 0 Å². The third-order valence-corrected chi connectivity index (χ3v) is 5.22. The van der Waals surface area contributed by atoms with Crippen LogP contribution in [0.25, 0.3) is 11.0 Å². The number of hydrogen-bond donors (Lipinski definition) is 3. The van der Waals surface area contributed by atoms with E-state index in [-0.39, 0.29) is 30.5 Å². The normalized spacial score (nSPS) is 11.3. The summed E-state index contributed by atoms with van der Waals surface area (Å²) in [7, 11) is -1.27. The van der Waals surface area contributed by atoms with Crippen LogP contribution in [-0.4, -0.2) is 51.0 Å². The predicted octanol–water partition coefficient (Wildman–Crippen LogP) is 2.39. The van der Waals surface area contributed by atoms with E-state index in [1.165, 1.54) is 24.4 Å². The lowest BCUT2D eigenvalue weighted by atomic mass is 9.97. The second-order valence-corrected chi connectivity index (χ2v) is 7.83. The molecule has 0 amide bonds. The van der Waals surface area contributed by atoms with E-state index in [1.54, 1.807) is 7.11 Å². The zero-order valence-corrected chi connectivity index (χ0v) is 18.4. The van der Waals surface area contributed by atoms with Crippen molar-refractivity contribution in [2.45, 2.75) is 12.8 Å². The molecule has 3 rings (SSSR count). The second kappa shape index (κ2) is 11.2. The van der Waals surface area contributed by atoms with Crippen molar-refractivity contribution >= 4 is 33.5 Å². The molecule has 1 aromatic heterocycles. The van der Waals surface area contributed by atoms with Gasteiger partial charge in [0.1, 0.15) is 11.6 Å². The molecular weight excluding hydrogens is 461 g/mol. The van der Waals surface area contributed by atoms with Crippen molar-refractivity contribution < 1.29 is 31.1 Å². The zero-order valence-electron chi connectivity index (χ0n) is 17.5. The van der Waals surface area contributed by atoms with Gasteiger partial charge in [-0.05, 0) is 42.7 Å². The largest absolute Gasteiger partial charge is 0.383 e. The Labute approximate surface area is 189 Å². The van der Waals surface area contributed by atoms with Crippen molar-refractivity contribution in [2.75, 3.05) is 32.1 Å². The monoisotopic (exact) mass is 482 g/mol. The number of rotatable bonds is 11. The molecule has 1 heterocycles. The molecule has 0 aliphatic heterocycles. The van der Waals surface area contributed by atoms with Crippen LogP contribution in [0.4, 0.5) is 19.0 Å². The van der Waals surface area contributed by atoms with Gasteiger partial charge in [0.2, 0.25) is 10.9 Å². The highest BCUT2D eigenvalue weighted by atomic mass is 32.2. The van der Waals surface area contributed by atoms with E-state index in [2.05, 4.69) is 20.0 Å². The number of nitrogens with zero attached hydrogens (tertiary/aromatic N) is 2. The minimum absolute atomic E-state index is 0.00941. The molecule has 176 valence electrons. The van der Waals surface area contributed by atoms with Gasteiger partial charge in [-0.1, -0.05) is 0 Å². The summed E-state index contributed by atoms with van der Waals surface area (Å²) in [4.78, 5) is 21.5. The fourth-order valence-corrected chi connectivity index (χ4v) is 3.49. The first-order valence-electron chi connectivity index (χ1n) is 9.90. The van der Waals surface area contributed by atoms with Crippen LogP contribution in [0.15, 0.2) is 30.5 Å². The van der Waals surface area contributed by atoms with Crippen LogP contribution in [0, 0.1) is 17.5 Å². The second-order valence-electron chi connectivity index (χ2n) is 7.00. The molecule has 0 fully saturated rings. The fourth-order valence-electron chi connectivity index (χ4n) is 3.15. The summed E-state index contributed by atoms with van der Waals surface area (Å²) in [6.07, 6.45) is 1.53. The molecule has 0 saturated carbocycles. The maximum absolute atomic E-state index is 15.0. The summed E-state index contributed by atoms with van der Waals surface area (Å²) < 4.78 is 71.7. The van der Waals surface area contributed by atoms with Gasteiger partial charge in [-0.25, -0.2) is 31.3 Å². The smallest absolute Gasteiger partial charge is 0.201 e. The van der Waals surface area contributed by atoms with Crippen molar-refractivity contribution in [3.8, 4) is 0 Å². The first-order valence-corrected chi connectivity index (χ1v) is 11.1. The SMILES string of the molecule is COCCNc1cnc2ccc(C(=O)c3c(F)c(F)cc(CCCN[SH](=O)=O)c3F)cc2n1. The number of thiol groups is 1. The van der Waals surface area contributed by atoms with Crippen LogP contribution in [-0.2, 0) is 22.0 Å². The number of halogens is 3. The van der Waals surface area contributed by atoms with E-state index >= 15 is 0 Å². The lowest BCUT2D eigenvalue weighted by Crippen LogP contribution is -2.15. The molecule has 0 unspecified atom stereocenters. The van der Waals surface area contributed by atoms with Crippen molar-refractivity contribution in [3.63, 3.8) is 0 Å². The molecule has 0 bridgehead atoms. The number of aromatic nitrogens is 2. The number of aryl methyl sites for hydroxylation is 1. The Morgan fingerprint density at radius 1 is 1.09 bits per heavy atom. The van der Waals surface area contributed by atoms with Gasteiger partial charge in [0.15, 0.2) is 17.4 Å². The minimum Gasteiger partial charge on any atom is -0.383 e. The molecular formula is C21H21F3N4O4S. The molecule has 0 saturated heterocycles. The molecule has 0 aliphatic carbocycles. The van der Waals surface area contributed by atoms with Gasteiger partial charge < -0.3 is 10.1 Å². The standard InChI is InChI=1S/C21H21F3N4O4S/c1-32-8-7-25-17-11-26-15-5-4-13(10-16(15)28-17)21(29)18-19(23)12(9-14(22)20(18)24)3-2-6-27-33(30)31/h4-5,9-11,33H,2-3,6-8H2,1H3,(H,25,28)(H,27,30,31). The Morgan fingerprint density at radius 2 is 1.88 bits per heavy atom. The van der Waals surface area contributed by atoms with Gasteiger partial charge in [0.05, 0.1) is 29.4 Å². The van der Waals surface area contributed by atoms with E-state index in [1.807, 2.05) is 0 Å². The molecule has 0 atom stereocenters. The maximum Gasteiger partial charge on any atom is 0.201 e. The molecule has 12 heteroatoms. The number of ketones is 1. The van der Waals surface area contributed by atoms with E-state index in [0.717, 1.165) is 0 Å². The van der Waals surface area contributed by atoms with Gasteiger partial charge in [0, 0.05) is 25.8 Å². The predicted molar refractivity (Wildman–Crippen MR) is 116 cm³/mol. The van der Waals surface area contributed by atoms with Gasteiger partial charge in [-0.3, -0.25) is 9.78 Å². The quantitative estimate of drug-likeness (QED) is 0.167. The van der Waals surface area contributed by atoms with E-state index in [0.29, 0.717) is 36.1 Å². The Hall–Kier alpha value is -3.09. The summed E-state index contributed by atoms with van der Waals surface area (Å²) in [5, 5.41) is 2.99. The first-order chi connectivity index (χ1) is 15.8. The van der Waals surface area contributed by atoms with Crippen LogP contribution in [0.3, 0.4) is 0 Å². The van der Waals surface area contributed by atoms with Gasteiger partial charge in [0.25, 0.3) is 0 Å². The number of carbonyl (C=O) groups is 1. The number of ether oxygens (including phenoxy) is 1. The molecule has 8 nitrogen and oxygen atoms in total. The van der Waals surface area contributed by atoms with Crippen LogP contribution >= 0.6 is 0 Å². The fraction of sp³-hybridized carbons (Fsp3) is 0.286. The highest BCUT2D eigenvalue weighted by Gasteiger charge is 2.25. The Balaban J connectivity index is 1.91. The molecule has 3 aromatic rings. The summed E-state index contributed by atoms with van der Waals surface area (Å²) in [5.41, 5.74) is -0.586. The van der Waals surface area contributed by atoms with Gasteiger partial charge >= 0.3 is 0 Å². The van der Waals surface area contributed by atoms with Crippen LogP contribution < -0.4 is 10.0 Å². The highest BCUT2D eigenvalue weighted by Crippen LogP contribution is 2.25. The molecule has 0 spiro atoms. The lowest BCUT2D eigenvalue weighted by Gasteiger charge is -2.11. The average molecular weight is 482 g/mol. The van der Waals surface area contributed by atoms with Crippen molar-refractivity contribution in [1.82, 2.24) is 14.7 Å². The zero-order chi connectivity index (χ0) is 24.0. The van der Waals surface area contributed by atoms with Crippen LogP contribution in [0.2, 0.25) is 0 Å². The number of benzene rings is 2. The number of anilines is 1. The number of hydrogen-bond acceptors (Lipinski definition) is 7. The Bertz CT molecular complexity index is 1250. The summed E-state index contributed by atoms with van der Waals surface area (Å²) in [5.74, 6) is -4.78. The Kier molecular flexibility index (Phi) is 8.31. The molecule has 33 heavy (non-hydrogen) atoms. The number of nitrogens with one attached hydrogen (secondary N) is 2. The van der Waals surface area contributed by atoms with E-state index in [4.69, 9.17) is 4.74 Å². The van der Waals surface area contributed by atoms with E-state index in [9.17, 15) is 26.4 Å². The average Bonchev–Trinajstić information content (AvgIpc) is 2.79. The van der Waals surface area contributed by atoms with E-state index < -0.39 is 39.7 Å². The van der Waals surface area contributed by atoms with Crippen LogP contribution in [0.1, 0.15) is 27.9 Å². The Morgan fingerprint density at radius 3 is 2.61 bits per heavy atom. The van der Waals surface area contributed by atoms with Crippen molar-refractivity contribution in [3.05, 3.63) is 64.6 Å². The molecule has 0 aliphatic rings. The van der Waals surface area contributed by atoms with Gasteiger partial charge in [-0.15, -0.1) is 0 Å². The number of fused-ring (bicyclic) bond motifs is 1. The minimum atomic E-state index is -2.82. The summed E-state index contributed by atoms with van der Waals surface area (Å²) >= 11 is 0.